The second kappa shape index (κ2) is 9.52. The maximum atomic E-state index is 12.9. The molecule has 1 aliphatic rings. The molecule has 1 aromatic carbocycles. The van der Waals surface area contributed by atoms with E-state index in [9.17, 15) is 13.2 Å². The number of nitrogens with zero attached hydrogens (tertiary/aromatic N) is 2. The molecule has 7 nitrogen and oxygen atoms in total. The van der Waals surface area contributed by atoms with E-state index in [1.807, 2.05) is 20.8 Å². The number of amides is 1. The van der Waals surface area contributed by atoms with Crippen molar-refractivity contribution in [3.05, 3.63) is 18.2 Å². The molecule has 27 heavy (non-hydrogen) atoms. The fraction of sp³-hybridized carbons (Fsp3) is 0.632. The van der Waals surface area contributed by atoms with Gasteiger partial charge in [-0.05, 0) is 38.0 Å². The van der Waals surface area contributed by atoms with Crippen LogP contribution in [0.1, 0.15) is 40.0 Å². The van der Waals surface area contributed by atoms with Gasteiger partial charge in [-0.3, -0.25) is 4.79 Å². The summed E-state index contributed by atoms with van der Waals surface area (Å²) in [7, 11) is -2.03. The van der Waals surface area contributed by atoms with Gasteiger partial charge in [0.15, 0.2) is 0 Å². The third-order valence-corrected chi connectivity index (χ3v) is 6.95. The van der Waals surface area contributed by atoms with E-state index in [-0.39, 0.29) is 23.3 Å². The SMILES string of the molecule is CCN(CC)S(=O)(=O)c1ccc(N2CCCC2)c(NC(=O)CC(C)OC)c1. The molecule has 1 heterocycles. The summed E-state index contributed by atoms with van der Waals surface area (Å²) in [5.41, 5.74) is 1.41. The Hall–Kier alpha value is -1.64. The Morgan fingerprint density at radius 3 is 2.44 bits per heavy atom. The van der Waals surface area contributed by atoms with Crippen molar-refractivity contribution >= 4 is 27.3 Å². The lowest BCUT2D eigenvalue weighted by Gasteiger charge is -2.24. The summed E-state index contributed by atoms with van der Waals surface area (Å²) in [6.45, 7) is 8.06. The van der Waals surface area contributed by atoms with Crippen molar-refractivity contribution in [1.82, 2.24) is 4.31 Å². The third-order valence-electron chi connectivity index (χ3n) is 4.91. The maximum Gasteiger partial charge on any atom is 0.243 e. The fourth-order valence-electron chi connectivity index (χ4n) is 3.27. The number of anilines is 2. The number of rotatable bonds is 9. The van der Waals surface area contributed by atoms with Crippen molar-refractivity contribution in [2.75, 3.05) is 43.5 Å². The molecule has 0 saturated carbocycles. The van der Waals surface area contributed by atoms with Crippen molar-refractivity contribution in [3.8, 4) is 0 Å². The van der Waals surface area contributed by atoms with Crippen LogP contribution in [0.15, 0.2) is 23.1 Å². The molecule has 152 valence electrons. The van der Waals surface area contributed by atoms with Crippen molar-refractivity contribution in [1.29, 1.82) is 0 Å². The molecule has 1 N–H and O–H groups in total. The first-order valence-electron chi connectivity index (χ1n) is 9.55. The lowest BCUT2D eigenvalue weighted by Crippen LogP contribution is -2.31. The van der Waals surface area contributed by atoms with Crippen LogP contribution in [0, 0.1) is 0 Å². The van der Waals surface area contributed by atoms with E-state index in [4.69, 9.17) is 4.74 Å². The minimum absolute atomic E-state index is 0.192. The van der Waals surface area contributed by atoms with Gasteiger partial charge in [0, 0.05) is 33.3 Å². The van der Waals surface area contributed by atoms with E-state index in [2.05, 4.69) is 10.2 Å². The Balaban J connectivity index is 2.38. The third kappa shape index (κ3) is 5.21. The number of hydrogen-bond donors (Lipinski definition) is 1. The number of hydrogen-bond acceptors (Lipinski definition) is 5. The molecule has 1 aliphatic heterocycles. The van der Waals surface area contributed by atoms with Crippen LogP contribution in [0.2, 0.25) is 0 Å². The Morgan fingerprint density at radius 1 is 1.26 bits per heavy atom. The Morgan fingerprint density at radius 2 is 1.89 bits per heavy atom. The molecule has 0 spiro atoms. The van der Waals surface area contributed by atoms with Gasteiger partial charge in [0.25, 0.3) is 0 Å². The van der Waals surface area contributed by atoms with Gasteiger partial charge in [-0.2, -0.15) is 4.31 Å². The highest BCUT2D eigenvalue weighted by Crippen LogP contribution is 2.32. The molecule has 1 saturated heterocycles. The van der Waals surface area contributed by atoms with E-state index in [0.29, 0.717) is 18.8 Å². The van der Waals surface area contributed by atoms with Gasteiger partial charge in [-0.1, -0.05) is 13.8 Å². The summed E-state index contributed by atoms with van der Waals surface area (Å²) in [6.07, 6.45) is 2.19. The largest absolute Gasteiger partial charge is 0.381 e. The summed E-state index contributed by atoms with van der Waals surface area (Å²) < 4.78 is 32.3. The number of carbonyl (C=O) groups is 1. The zero-order valence-electron chi connectivity index (χ0n) is 16.7. The first-order chi connectivity index (χ1) is 12.8. The van der Waals surface area contributed by atoms with Crippen LogP contribution in [0.25, 0.3) is 0 Å². The lowest BCUT2D eigenvalue weighted by atomic mass is 10.2. The summed E-state index contributed by atoms with van der Waals surface area (Å²) in [5, 5.41) is 2.90. The highest BCUT2D eigenvalue weighted by atomic mass is 32.2. The summed E-state index contributed by atoms with van der Waals surface area (Å²) in [6, 6.07) is 5.02. The van der Waals surface area contributed by atoms with Crippen molar-refractivity contribution in [3.63, 3.8) is 0 Å². The molecule has 0 bridgehead atoms. The standard InChI is InChI=1S/C19H31N3O4S/c1-5-22(6-2)27(24,25)16-9-10-18(21-11-7-8-12-21)17(14-16)20-19(23)13-15(3)26-4/h9-10,14-15H,5-8,11-13H2,1-4H3,(H,20,23). The Bertz CT molecular complexity index is 741. The normalized spacial score (nSPS) is 16.0. The van der Waals surface area contributed by atoms with Gasteiger partial charge in [0.1, 0.15) is 0 Å². The Kier molecular flexibility index (Phi) is 7.64. The van der Waals surface area contributed by atoms with Gasteiger partial charge in [0.05, 0.1) is 28.8 Å². The molecule has 1 aromatic rings. The minimum atomic E-state index is -3.59. The molecule has 1 atom stereocenters. The van der Waals surface area contributed by atoms with E-state index in [1.165, 1.54) is 4.31 Å². The van der Waals surface area contributed by atoms with E-state index in [1.54, 1.807) is 25.3 Å². The van der Waals surface area contributed by atoms with Crippen LogP contribution in [0.4, 0.5) is 11.4 Å². The van der Waals surface area contributed by atoms with Gasteiger partial charge in [-0.25, -0.2) is 8.42 Å². The molecular formula is C19H31N3O4S. The molecule has 8 heteroatoms. The lowest BCUT2D eigenvalue weighted by molar-refractivity contribution is -0.118. The second-order valence-corrected chi connectivity index (χ2v) is 8.70. The van der Waals surface area contributed by atoms with Crippen LogP contribution in [-0.4, -0.2) is 58.0 Å². The number of nitrogens with one attached hydrogen (secondary N) is 1. The summed E-state index contributed by atoms with van der Waals surface area (Å²) in [5.74, 6) is -0.192. The highest BCUT2D eigenvalue weighted by molar-refractivity contribution is 7.89. The average Bonchev–Trinajstić information content (AvgIpc) is 3.16. The second-order valence-electron chi connectivity index (χ2n) is 6.76. The topological polar surface area (TPSA) is 79.0 Å². The van der Waals surface area contributed by atoms with Crippen molar-refractivity contribution < 1.29 is 17.9 Å². The number of benzene rings is 1. The monoisotopic (exact) mass is 397 g/mol. The molecule has 0 aliphatic carbocycles. The highest BCUT2D eigenvalue weighted by Gasteiger charge is 2.25. The van der Waals surface area contributed by atoms with E-state index < -0.39 is 10.0 Å². The zero-order valence-corrected chi connectivity index (χ0v) is 17.5. The first kappa shape index (κ1) is 21.7. The predicted octanol–water partition coefficient (Wildman–Crippen LogP) is 2.68. The van der Waals surface area contributed by atoms with E-state index >= 15 is 0 Å². The maximum absolute atomic E-state index is 12.9. The number of methoxy groups -OCH3 is 1. The Labute approximate surface area is 162 Å². The molecule has 0 aromatic heterocycles. The van der Waals surface area contributed by atoms with Crippen molar-refractivity contribution in [2.45, 2.75) is 51.0 Å². The molecule has 1 fully saturated rings. The minimum Gasteiger partial charge on any atom is -0.381 e. The van der Waals surface area contributed by atoms with Gasteiger partial charge < -0.3 is 15.0 Å². The molecular weight excluding hydrogens is 366 g/mol. The van der Waals surface area contributed by atoms with Crippen molar-refractivity contribution in [2.24, 2.45) is 0 Å². The number of sulfonamides is 1. The molecule has 0 radical (unpaired) electrons. The smallest absolute Gasteiger partial charge is 0.243 e. The summed E-state index contributed by atoms with van der Waals surface area (Å²) >= 11 is 0. The van der Waals surface area contributed by atoms with E-state index in [0.717, 1.165) is 31.6 Å². The van der Waals surface area contributed by atoms with Gasteiger partial charge in [0.2, 0.25) is 15.9 Å². The van der Waals surface area contributed by atoms with Crippen LogP contribution >= 0.6 is 0 Å². The van der Waals surface area contributed by atoms with Crippen LogP contribution in [0.5, 0.6) is 0 Å². The predicted molar refractivity (Wildman–Crippen MR) is 108 cm³/mol. The van der Waals surface area contributed by atoms with Gasteiger partial charge >= 0.3 is 0 Å². The average molecular weight is 398 g/mol. The molecule has 1 amide bonds. The molecule has 1 unspecified atom stereocenters. The van der Waals surface area contributed by atoms with Crippen LogP contribution in [-0.2, 0) is 19.6 Å². The first-order valence-corrected chi connectivity index (χ1v) is 11.0. The quantitative estimate of drug-likeness (QED) is 0.693. The number of ether oxygens (including phenoxy) is 1. The fourth-order valence-corrected chi connectivity index (χ4v) is 4.75. The van der Waals surface area contributed by atoms with Crippen LogP contribution in [0.3, 0.4) is 0 Å². The zero-order chi connectivity index (χ0) is 20.0. The molecule has 2 rings (SSSR count). The van der Waals surface area contributed by atoms with Crippen LogP contribution < -0.4 is 10.2 Å². The summed E-state index contributed by atoms with van der Waals surface area (Å²) in [4.78, 5) is 14.8. The van der Waals surface area contributed by atoms with Gasteiger partial charge in [-0.15, -0.1) is 0 Å². The number of carbonyl (C=O) groups excluding carboxylic acids is 1.